The minimum Gasteiger partial charge on any atom is -0.298 e. The van der Waals surface area contributed by atoms with Crippen LogP contribution in [0, 0.1) is 0 Å². The van der Waals surface area contributed by atoms with E-state index in [4.69, 9.17) is 0 Å². The lowest BCUT2D eigenvalue weighted by atomic mass is 10.1. The summed E-state index contributed by atoms with van der Waals surface area (Å²) in [6, 6.07) is 15.1. The second-order valence-electron chi connectivity index (χ2n) is 5.49. The first-order valence-corrected chi connectivity index (χ1v) is 8.07. The van der Waals surface area contributed by atoms with E-state index in [1.807, 2.05) is 18.0 Å². The molecule has 0 N–H and O–H groups in total. The molecule has 0 radical (unpaired) electrons. The molecule has 0 bridgehead atoms. The summed E-state index contributed by atoms with van der Waals surface area (Å²) in [6.45, 7) is 4.46. The second kappa shape index (κ2) is 4.78. The molecule has 21 heavy (non-hydrogen) atoms. The summed E-state index contributed by atoms with van der Waals surface area (Å²) in [5.41, 5.74) is 2.30. The van der Waals surface area contributed by atoms with Crippen LogP contribution >= 0.6 is 11.8 Å². The van der Waals surface area contributed by atoms with Crippen LogP contribution in [-0.4, -0.2) is 14.6 Å². The topological polar surface area (TPSA) is 17.3 Å². The molecule has 0 spiro atoms. The van der Waals surface area contributed by atoms with Crippen LogP contribution in [0.4, 0.5) is 0 Å². The molecule has 2 heterocycles. The predicted molar refractivity (Wildman–Crippen MR) is 91.2 cm³/mol. The summed E-state index contributed by atoms with van der Waals surface area (Å²) in [7, 11) is 0. The average molecular weight is 292 g/mol. The molecule has 0 aliphatic heterocycles. The molecular formula is C18H16N2S. The van der Waals surface area contributed by atoms with Gasteiger partial charge in [-0.2, -0.15) is 0 Å². The smallest absolute Gasteiger partial charge is 0.145 e. The molecular weight excluding hydrogens is 276 g/mol. The lowest BCUT2D eigenvalue weighted by molar-refractivity contribution is 1.11. The molecule has 0 amide bonds. The van der Waals surface area contributed by atoms with Crippen molar-refractivity contribution >= 4 is 39.1 Å². The van der Waals surface area contributed by atoms with Gasteiger partial charge in [-0.1, -0.05) is 50.2 Å². The number of para-hydroxylation sites is 1. The van der Waals surface area contributed by atoms with Crippen LogP contribution in [0.2, 0.25) is 0 Å². The monoisotopic (exact) mass is 292 g/mol. The summed E-state index contributed by atoms with van der Waals surface area (Å²) in [5, 5.41) is 4.33. The van der Waals surface area contributed by atoms with E-state index >= 15 is 0 Å². The molecule has 2 aromatic heterocycles. The highest BCUT2D eigenvalue weighted by atomic mass is 32.2. The van der Waals surface area contributed by atoms with Gasteiger partial charge < -0.3 is 0 Å². The number of aromatic nitrogens is 2. The van der Waals surface area contributed by atoms with Crippen molar-refractivity contribution < 1.29 is 0 Å². The molecule has 2 nitrogen and oxygen atoms in total. The lowest BCUT2D eigenvalue weighted by Gasteiger charge is -2.13. The van der Waals surface area contributed by atoms with Gasteiger partial charge in [-0.15, -0.1) is 11.8 Å². The molecule has 4 aromatic rings. The Kier molecular flexibility index (Phi) is 2.89. The zero-order valence-electron chi connectivity index (χ0n) is 12.1. The minimum absolute atomic E-state index is 0.556. The van der Waals surface area contributed by atoms with Crippen LogP contribution in [0.1, 0.15) is 13.8 Å². The summed E-state index contributed by atoms with van der Waals surface area (Å²) in [5.74, 6) is 0. The van der Waals surface area contributed by atoms with Gasteiger partial charge in [0.1, 0.15) is 5.65 Å². The van der Waals surface area contributed by atoms with Gasteiger partial charge in [0.05, 0.1) is 5.52 Å². The van der Waals surface area contributed by atoms with Gasteiger partial charge in [0.15, 0.2) is 0 Å². The van der Waals surface area contributed by atoms with E-state index in [1.165, 1.54) is 26.6 Å². The number of nitrogens with zero attached hydrogens (tertiary/aromatic N) is 2. The van der Waals surface area contributed by atoms with Gasteiger partial charge in [-0.25, -0.2) is 4.98 Å². The molecule has 0 aliphatic carbocycles. The van der Waals surface area contributed by atoms with Crippen LogP contribution in [-0.2, 0) is 0 Å². The fourth-order valence-corrected chi connectivity index (χ4v) is 3.92. The van der Waals surface area contributed by atoms with Gasteiger partial charge in [-0.3, -0.25) is 4.40 Å². The molecule has 104 valence electrons. The molecule has 0 saturated heterocycles. The van der Waals surface area contributed by atoms with E-state index in [9.17, 15) is 0 Å². The number of hydrogen-bond acceptors (Lipinski definition) is 2. The molecule has 4 rings (SSSR count). The summed E-state index contributed by atoms with van der Waals surface area (Å²) >= 11 is 1.91. The summed E-state index contributed by atoms with van der Waals surface area (Å²) in [6.07, 6.45) is 3.95. The maximum absolute atomic E-state index is 4.57. The van der Waals surface area contributed by atoms with Crippen molar-refractivity contribution in [1.82, 2.24) is 9.38 Å². The van der Waals surface area contributed by atoms with Crippen LogP contribution in [0.3, 0.4) is 0 Å². The van der Waals surface area contributed by atoms with Crippen LogP contribution in [0.5, 0.6) is 0 Å². The number of fused-ring (bicyclic) bond motifs is 6. The van der Waals surface area contributed by atoms with E-state index in [-0.39, 0.29) is 0 Å². The highest BCUT2D eigenvalue weighted by Gasteiger charge is 2.12. The Balaban J connectivity index is 2.25. The molecule has 3 heteroatoms. The molecule has 2 aromatic carbocycles. The number of thioether (sulfide) groups is 1. The molecule has 0 fully saturated rings. The zero-order chi connectivity index (χ0) is 14.4. The Morgan fingerprint density at radius 2 is 1.71 bits per heavy atom. The maximum atomic E-state index is 4.57. The summed E-state index contributed by atoms with van der Waals surface area (Å²) in [4.78, 5) is 5.89. The van der Waals surface area contributed by atoms with Crippen molar-refractivity contribution in [2.24, 2.45) is 0 Å². The fourth-order valence-electron chi connectivity index (χ4n) is 2.93. The molecule has 0 aliphatic rings. The van der Waals surface area contributed by atoms with Gasteiger partial charge in [0.2, 0.25) is 0 Å². The minimum atomic E-state index is 0.556. The Morgan fingerprint density at radius 3 is 2.52 bits per heavy atom. The van der Waals surface area contributed by atoms with E-state index in [0.29, 0.717) is 5.25 Å². The largest absolute Gasteiger partial charge is 0.298 e. The number of benzene rings is 2. The van der Waals surface area contributed by atoms with Crippen LogP contribution < -0.4 is 0 Å². The quantitative estimate of drug-likeness (QED) is 0.376. The average Bonchev–Trinajstić information content (AvgIpc) is 2.96. The van der Waals surface area contributed by atoms with Gasteiger partial charge in [0.25, 0.3) is 0 Å². The second-order valence-corrected chi connectivity index (χ2v) is 7.10. The summed E-state index contributed by atoms with van der Waals surface area (Å²) < 4.78 is 2.22. The number of pyridine rings is 1. The third-order valence-electron chi connectivity index (χ3n) is 3.70. The normalized spacial score (nSPS) is 12.0. The van der Waals surface area contributed by atoms with Crippen molar-refractivity contribution in [3.63, 3.8) is 0 Å². The Hall–Kier alpha value is -2.00. The van der Waals surface area contributed by atoms with Crippen molar-refractivity contribution in [2.45, 2.75) is 24.0 Å². The molecule has 0 saturated carbocycles. The Morgan fingerprint density at radius 1 is 0.952 bits per heavy atom. The first-order valence-electron chi connectivity index (χ1n) is 7.19. The third kappa shape index (κ3) is 1.92. The van der Waals surface area contributed by atoms with E-state index in [1.54, 1.807) is 0 Å². The van der Waals surface area contributed by atoms with E-state index in [2.05, 4.69) is 71.9 Å². The van der Waals surface area contributed by atoms with Crippen molar-refractivity contribution in [1.29, 1.82) is 0 Å². The van der Waals surface area contributed by atoms with Gasteiger partial charge in [-0.05, 0) is 11.5 Å². The first-order chi connectivity index (χ1) is 10.3. The lowest BCUT2D eigenvalue weighted by Crippen LogP contribution is -1.94. The Bertz CT molecular complexity index is 953. The van der Waals surface area contributed by atoms with E-state index < -0.39 is 0 Å². The highest BCUT2D eigenvalue weighted by molar-refractivity contribution is 8.00. The first kappa shape index (κ1) is 12.7. The number of hydrogen-bond donors (Lipinski definition) is 0. The standard InChI is InChI=1S/C18H16N2S/c1-12(2)21-16-9-5-8-14-13-6-3-4-7-15(13)18-19-10-11-20(18)17(14)16/h3-12H,1-2H3. The predicted octanol–water partition coefficient (Wildman–Crippen LogP) is 5.14. The van der Waals surface area contributed by atoms with Crippen LogP contribution in [0.25, 0.3) is 27.3 Å². The maximum Gasteiger partial charge on any atom is 0.145 e. The zero-order valence-corrected chi connectivity index (χ0v) is 12.9. The number of rotatable bonds is 2. The van der Waals surface area contributed by atoms with Crippen molar-refractivity contribution in [3.8, 4) is 0 Å². The highest BCUT2D eigenvalue weighted by Crippen LogP contribution is 2.35. The van der Waals surface area contributed by atoms with Gasteiger partial charge >= 0.3 is 0 Å². The van der Waals surface area contributed by atoms with E-state index in [0.717, 1.165) is 5.65 Å². The SMILES string of the molecule is CC(C)Sc1cccc2c3ccccc3c3nccn3c12. The molecule has 0 unspecified atom stereocenters. The van der Waals surface area contributed by atoms with Gasteiger partial charge in [0, 0.05) is 33.3 Å². The van der Waals surface area contributed by atoms with Crippen LogP contribution in [0.15, 0.2) is 59.8 Å². The Labute approximate surface area is 127 Å². The van der Waals surface area contributed by atoms with Crippen molar-refractivity contribution in [2.75, 3.05) is 0 Å². The fraction of sp³-hybridized carbons (Fsp3) is 0.167. The molecule has 0 atom stereocenters. The van der Waals surface area contributed by atoms with Crippen molar-refractivity contribution in [3.05, 3.63) is 54.9 Å². The number of imidazole rings is 1. The third-order valence-corrected chi connectivity index (χ3v) is 4.76.